The van der Waals surface area contributed by atoms with Gasteiger partial charge in [0, 0.05) is 33.6 Å². The Balaban J connectivity index is 0.908. The molecular weight excluding hydrogens is 871 g/mol. The zero-order valence-corrected chi connectivity index (χ0v) is 40.0. The molecule has 1 heterocycles. The Labute approximate surface area is 420 Å². The summed E-state index contributed by atoms with van der Waals surface area (Å²) in [5.41, 5.74) is 27.7. The minimum atomic E-state index is -0.540. The Hall–Kier alpha value is -8.98. The van der Waals surface area contributed by atoms with Crippen LogP contribution < -0.4 is 9.64 Å². The van der Waals surface area contributed by atoms with Crippen molar-refractivity contribution < 1.29 is 4.74 Å². The number of hydrogen-bond acceptors (Lipinski definition) is 2. The topological polar surface area (TPSA) is 12.5 Å². The van der Waals surface area contributed by atoms with E-state index in [2.05, 4.69) is 261 Å². The zero-order chi connectivity index (χ0) is 47.7. The Morgan fingerprint density at radius 3 is 1.24 bits per heavy atom. The highest BCUT2D eigenvalue weighted by Crippen LogP contribution is 2.62. The summed E-state index contributed by atoms with van der Waals surface area (Å²) in [5.74, 6) is 1.72. The van der Waals surface area contributed by atoms with Gasteiger partial charge >= 0.3 is 0 Å². The van der Waals surface area contributed by atoms with Crippen LogP contribution in [0.2, 0.25) is 0 Å². The fourth-order valence-electron chi connectivity index (χ4n) is 13.1. The summed E-state index contributed by atoms with van der Waals surface area (Å²) < 4.78 is 6.64. The van der Waals surface area contributed by atoms with Crippen LogP contribution in [0.3, 0.4) is 0 Å². The maximum Gasteiger partial charge on any atom is 0.135 e. The molecule has 0 radical (unpaired) electrons. The number of anilines is 3. The third-order valence-corrected chi connectivity index (χ3v) is 16.3. The lowest BCUT2D eigenvalue weighted by Gasteiger charge is -2.35. The van der Waals surface area contributed by atoms with E-state index in [4.69, 9.17) is 4.74 Å². The average Bonchev–Trinajstić information content (AvgIpc) is 3.75. The van der Waals surface area contributed by atoms with Gasteiger partial charge in [-0.2, -0.15) is 0 Å². The molecule has 2 heteroatoms. The first-order valence-electron chi connectivity index (χ1n) is 25.2. The minimum absolute atomic E-state index is 0.156. The number of hydrogen-bond donors (Lipinski definition) is 0. The lowest BCUT2D eigenvalue weighted by molar-refractivity contribution is 0.488. The first-order chi connectivity index (χ1) is 35.5. The van der Waals surface area contributed by atoms with E-state index in [9.17, 15) is 0 Å². The molecule has 0 N–H and O–H groups in total. The smallest absolute Gasteiger partial charge is 0.135 e. The molecule has 11 aromatic rings. The molecule has 338 valence electrons. The Kier molecular flexibility index (Phi) is 8.66. The largest absolute Gasteiger partial charge is 0.456 e. The summed E-state index contributed by atoms with van der Waals surface area (Å²) in [4.78, 5) is 2.44. The summed E-state index contributed by atoms with van der Waals surface area (Å²) in [6.07, 6.45) is 0. The summed E-state index contributed by atoms with van der Waals surface area (Å²) in [6, 6.07) is 92.5. The van der Waals surface area contributed by atoms with E-state index in [1.807, 2.05) is 6.07 Å². The molecule has 0 bridgehead atoms. The molecule has 0 saturated carbocycles. The van der Waals surface area contributed by atoms with Crippen LogP contribution in [-0.2, 0) is 10.8 Å². The van der Waals surface area contributed by atoms with Crippen molar-refractivity contribution in [1.82, 2.24) is 0 Å². The monoisotopic (exact) mass is 917 g/mol. The van der Waals surface area contributed by atoms with Gasteiger partial charge in [0.05, 0.1) is 5.41 Å². The molecule has 1 spiro atoms. The van der Waals surface area contributed by atoms with E-state index < -0.39 is 5.41 Å². The molecule has 0 saturated heterocycles. The SMILES string of the molecule is CC1(C)c2ccccc2-c2ccc(N(c3ccc(-c4ccc5c(c4)C4(c6ccccc6-c6ccccc6-c6ccccc64)c4ccccc4-5)cc3)c3ccc4c(c3)-c3ccccc3Oc3ccccc3-4)cc21. The van der Waals surface area contributed by atoms with Gasteiger partial charge in [-0.1, -0.05) is 208 Å². The van der Waals surface area contributed by atoms with Gasteiger partial charge in [-0.3, -0.25) is 0 Å². The van der Waals surface area contributed by atoms with Crippen LogP contribution in [0.4, 0.5) is 17.1 Å². The molecule has 0 fully saturated rings. The number of nitrogens with zero attached hydrogens (tertiary/aromatic N) is 1. The predicted octanol–water partition coefficient (Wildman–Crippen LogP) is 18.6. The summed E-state index contributed by atoms with van der Waals surface area (Å²) in [7, 11) is 0. The number of benzene rings is 11. The highest BCUT2D eigenvalue weighted by molar-refractivity contribution is 5.99. The quantitative estimate of drug-likeness (QED) is 0.174. The van der Waals surface area contributed by atoms with Crippen LogP contribution in [0.1, 0.15) is 47.2 Å². The highest BCUT2D eigenvalue weighted by Gasteiger charge is 2.49. The third kappa shape index (κ3) is 5.66. The van der Waals surface area contributed by atoms with Gasteiger partial charge in [0.1, 0.15) is 11.5 Å². The van der Waals surface area contributed by atoms with Gasteiger partial charge in [-0.05, 0) is 155 Å². The molecular formula is C70H47NO. The molecule has 0 unspecified atom stereocenters. The van der Waals surface area contributed by atoms with Crippen molar-refractivity contribution in [2.45, 2.75) is 24.7 Å². The molecule has 1 aliphatic heterocycles. The van der Waals surface area contributed by atoms with E-state index in [0.717, 1.165) is 50.8 Å². The second-order valence-corrected chi connectivity index (χ2v) is 20.3. The van der Waals surface area contributed by atoms with Crippen molar-refractivity contribution in [3.05, 3.63) is 282 Å². The van der Waals surface area contributed by atoms with E-state index in [1.165, 1.54) is 89.0 Å². The van der Waals surface area contributed by atoms with Gasteiger partial charge in [-0.25, -0.2) is 0 Å². The molecule has 0 aromatic heterocycles. The van der Waals surface area contributed by atoms with E-state index in [0.29, 0.717) is 0 Å². The molecule has 0 atom stereocenters. The zero-order valence-electron chi connectivity index (χ0n) is 40.0. The van der Waals surface area contributed by atoms with Gasteiger partial charge in [0.15, 0.2) is 0 Å². The van der Waals surface area contributed by atoms with Crippen LogP contribution in [0.25, 0.3) is 77.9 Å². The van der Waals surface area contributed by atoms with Gasteiger partial charge in [0.25, 0.3) is 0 Å². The van der Waals surface area contributed by atoms with Crippen molar-refractivity contribution in [1.29, 1.82) is 0 Å². The van der Waals surface area contributed by atoms with E-state index in [1.54, 1.807) is 0 Å². The van der Waals surface area contributed by atoms with Crippen molar-refractivity contribution in [3.63, 3.8) is 0 Å². The second kappa shape index (κ2) is 15.3. The van der Waals surface area contributed by atoms with Crippen LogP contribution >= 0.6 is 0 Å². The normalized spacial score (nSPS) is 14.0. The number of ether oxygens (including phenoxy) is 1. The predicted molar refractivity (Wildman–Crippen MR) is 297 cm³/mol. The fourth-order valence-corrected chi connectivity index (χ4v) is 13.1. The van der Waals surface area contributed by atoms with Gasteiger partial charge < -0.3 is 9.64 Å². The molecule has 3 aliphatic carbocycles. The summed E-state index contributed by atoms with van der Waals surface area (Å²) in [6.45, 7) is 4.73. The van der Waals surface area contributed by atoms with Gasteiger partial charge in [0.2, 0.25) is 0 Å². The average molecular weight is 918 g/mol. The van der Waals surface area contributed by atoms with Crippen LogP contribution in [0.15, 0.2) is 249 Å². The Morgan fingerprint density at radius 1 is 0.264 bits per heavy atom. The van der Waals surface area contributed by atoms with Crippen molar-refractivity contribution in [2.24, 2.45) is 0 Å². The molecule has 2 nitrogen and oxygen atoms in total. The van der Waals surface area contributed by atoms with E-state index >= 15 is 0 Å². The fraction of sp³-hybridized carbons (Fsp3) is 0.0571. The highest BCUT2D eigenvalue weighted by atomic mass is 16.5. The van der Waals surface area contributed by atoms with E-state index in [-0.39, 0.29) is 5.41 Å². The first kappa shape index (κ1) is 40.9. The molecule has 4 aliphatic rings. The standard InChI is InChI=1S/C70H47NO/c1-69(2)61-25-11-5-21-54(61)56-40-37-48(43-65(56)69)71(47-36-39-51-58-23-9-15-29-67(58)72-68-30-16-10-24-59(68)60(51)42-47)46-34-31-44(32-35-46)45-33-38-57-55-22-8-14-28-64(55)70(66(57)41-45)62-26-12-6-19-52(62)49-17-3-4-18-50(49)53-20-7-13-27-63(53)70/h3-43H,1-2H3. The van der Waals surface area contributed by atoms with Crippen molar-refractivity contribution in [3.8, 4) is 89.4 Å². The lowest BCUT2D eigenvalue weighted by Crippen LogP contribution is -2.29. The Bertz CT molecular complexity index is 4000. The maximum absolute atomic E-state index is 6.64. The maximum atomic E-state index is 6.64. The summed E-state index contributed by atoms with van der Waals surface area (Å²) in [5, 5.41) is 0. The molecule has 11 aromatic carbocycles. The van der Waals surface area contributed by atoms with Crippen molar-refractivity contribution >= 4 is 17.1 Å². The molecule has 72 heavy (non-hydrogen) atoms. The van der Waals surface area contributed by atoms with Gasteiger partial charge in [-0.15, -0.1) is 0 Å². The van der Waals surface area contributed by atoms with Crippen LogP contribution in [-0.4, -0.2) is 0 Å². The minimum Gasteiger partial charge on any atom is -0.456 e. The molecule has 0 amide bonds. The lowest BCUT2D eigenvalue weighted by atomic mass is 9.65. The number of fused-ring (bicyclic) bond motifs is 20. The number of para-hydroxylation sites is 2. The first-order valence-corrected chi connectivity index (χ1v) is 25.2. The van der Waals surface area contributed by atoms with Crippen LogP contribution in [0.5, 0.6) is 11.5 Å². The van der Waals surface area contributed by atoms with Crippen LogP contribution in [0, 0.1) is 0 Å². The van der Waals surface area contributed by atoms with Crippen molar-refractivity contribution in [2.75, 3.05) is 4.90 Å². The Morgan fingerprint density at radius 2 is 0.639 bits per heavy atom. The second-order valence-electron chi connectivity index (χ2n) is 20.3. The number of rotatable bonds is 4. The summed E-state index contributed by atoms with van der Waals surface area (Å²) >= 11 is 0. The third-order valence-electron chi connectivity index (χ3n) is 16.3. The molecule has 15 rings (SSSR count).